The second kappa shape index (κ2) is 11.8. The summed E-state index contributed by atoms with van der Waals surface area (Å²) in [4.78, 5) is 52.3. The average molecular weight is 544 g/mol. The molecule has 0 aliphatic heterocycles. The summed E-state index contributed by atoms with van der Waals surface area (Å²) in [5.74, 6) is -5.57. The van der Waals surface area contributed by atoms with Gasteiger partial charge in [0, 0.05) is 35.8 Å². The fraction of sp³-hybridized carbons (Fsp3) is 0.323. The molecular weight excluding hydrogens is 510 g/mol. The van der Waals surface area contributed by atoms with Crippen LogP contribution in [0.3, 0.4) is 0 Å². The number of amides is 2. The monoisotopic (exact) mass is 543 g/mol. The molecule has 0 aromatic heterocycles. The van der Waals surface area contributed by atoms with Crippen molar-refractivity contribution in [2.45, 2.75) is 51.6 Å². The molecule has 0 spiro atoms. The van der Waals surface area contributed by atoms with Gasteiger partial charge in [0.25, 0.3) is 5.69 Å². The topological polar surface area (TPSA) is 139 Å². The predicted octanol–water partition coefficient (Wildman–Crippen LogP) is 5.04. The van der Waals surface area contributed by atoms with Gasteiger partial charge < -0.3 is 15.7 Å². The zero-order valence-electron chi connectivity index (χ0n) is 22.7. The van der Waals surface area contributed by atoms with Crippen molar-refractivity contribution in [1.29, 1.82) is 0 Å². The quantitative estimate of drug-likeness (QED) is 0.207. The summed E-state index contributed by atoms with van der Waals surface area (Å²) >= 11 is 0. The van der Waals surface area contributed by atoms with E-state index < -0.39 is 52.3 Å². The first-order valence-corrected chi connectivity index (χ1v) is 13.3. The Morgan fingerprint density at radius 2 is 1.48 bits per heavy atom. The normalized spacial score (nSPS) is 22.4. The lowest BCUT2D eigenvalue weighted by molar-refractivity contribution is -0.385. The molecule has 0 heterocycles. The van der Waals surface area contributed by atoms with Gasteiger partial charge in [-0.05, 0) is 48.6 Å². The molecule has 208 valence electrons. The molecule has 3 aromatic carbocycles. The Hall–Kier alpha value is -4.37. The summed E-state index contributed by atoms with van der Waals surface area (Å²) < 4.78 is 0. The Morgan fingerprint density at radius 1 is 0.925 bits per heavy atom. The van der Waals surface area contributed by atoms with Crippen LogP contribution in [0.25, 0.3) is 0 Å². The van der Waals surface area contributed by atoms with E-state index in [0.717, 1.165) is 11.1 Å². The number of nitro benzene ring substituents is 1. The Kier molecular flexibility index (Phi) is 8.44. The van der Waals surface area contributed by atoms with Crippen molar-refractivity contribution in [3.05, 3.63) is 99.6 Å². The molecule has 2 amide bonds. The van der Waals surface area contributed by atoms with E-state index in [1.807, 2.05) is 38.1 Å². The van der Waals surface area contributed by atoms with Gasteiger partial charge in [-0.3, -0.25) is 24.5 Å². The van der Waals surface area contributed by atoms with Gasteiger partial charge >= 0.3 is 0 Å². The first kappa shape index (κ1) is 28.6. The van der Waals surface area contributed by atoms with Gasteiger partial charge in [0.1, 0.15) is 11.7 Å². The molecule has 0 radical (unpaired) electrons. The Balaban J connectivity index is 1.83. The van der Waals surface area contributed by atoms with Crippen LogP contribution in [0.2, 0.25) is 0 Å². The van der Waals surface area contributed by atoms with Crippen molar-refractivity contribution in [2.75, 3.05) is 10.6 Å². The number of carbonyl (C=O) groups excluding carboxylic acids is 3. The van der Waals surface area contributed by atoms with E-state index >= 15 is 0 Å². The van der Waals surface area contributed by atoms with E-state index in [2.05, 4.69) is 10.6 Å². The third-order valence-electron chi connectivity index (χ3n) is 7.61. The third kappa shape index (κ3) is 5.79. The van der Waals surface area contributed by atoms with Crippen LogP contribution in [0, 0.1) is 22.0 Å². The van der Waals surface area contributed by atoms with Crippen LogP contribution in [-0.4, -0.2) is 33.2 Å². The van der Waals surface area contributed by atoms with Gasteiger partial charge in [0.15, 0.2) is 0 Å². The second-order valence-electron chi connectivity index (χ2n) is 10.3. The number of hydrogen-bond acceptors (Lipinski definition) is 6. The number of nitrogens with one attached hydrogen (secondary N) is 2. The molecule has 0 bridgehead atoms. The number of ketones is 1. The lowest BCUT2D eigenvalue weighted by Gasteiger charge is -2.44. The highest BCUT2D eigenvalue weighted by molar-refractivity contribution is 6.10. The molecule has 1 aliphatic rings. The number of anilines is 2. The van der Waals surface area contributed by atoms with Crippen LogP contribution in [0.1, 0.15) is 49.8 Å². The van der Waals surface area contributed by atoms with E-state index in [1.54, 1.807) is 30.3 Å². The lowest BCUT2D eigenvalue weighted by Crippen LogP contribution is -2.56. The highest BCUT2D eigenvalue weighted by Gasteiger charge is 2.56. The molecule has 9 nitrogen and oxygen atoms in total. The van der Waals surface area contributed by atoms with E-state index in [9.17, 15) is 29.6 Å². The molecule has 40 heavy (non-hydrogen) atoms. The van der Waals surface area contributed by atoms with Gasteiger partial charge in [-0.2, -0.15) is 0 Å². The Bertz CT molecular complexity index is 1450. The SMILES string of the molecule is CCc1ccccc1NC(=O)C1C(=O)CC(C)(O)C(C(=O)Nc2ccccc2CC)C1c1cccc([N+](=O)[O-])c1. The van der Waals surface area contributed by atoms with E-state index in [0.29, 0.717) is 24.2 Å². The van der Waals surface area contributed by atoms with Crippen molar-refractivity contribution in [2.24, 2.45) is 11.8 Å². The number of nitro groups is 1. The average Bonchev–Trinajstić information content (AvgIpc) is 2.92. The number of hydrogen-bond donors (Lipinski definition) is 3. The zero-order chi connectivity index (χ0) is 29.0. The summed E-state index contributed by atoms with van der Waals surface area (Å²) in [6.07, 6.45) is 0.853. The zero-order valence-corrected chi connectivity index (χ0v) is 22.7. The fourth-order valence-electron chi connectivity index (χ4n) is 5.66. The molecule has 9 heteroatoms. The van der Waals surface area contributed by atoms with Gasteiger partial charge in [-0.15, -0.1) is 0 Å². The molecule has 1 aliphatic carbocycles. The second-order valence-corrected chi connectivity index (χ2v) is 10.3. The number of para-hydroxylation sites is 2. The summed E-state index contributed by atoms with van der Waals surface area (Å²) in [6, 6.07) is 20.0. The smallest absolute Gasteiger partial charge is 0.269 e. The van der Waals surface area contributed by atoms with Gasteiger partial charge in [0.2, 0.25) is 11.8 Å². The number of benzene rings is 3. The maximum absolute atomic E-state index is 13.9. The van der Waals surface area contributed by atoms with Crippen molar-refractivity contribution in [1.82, 2.24) is 0 Å². The number of rotatable bonds is 8. The van der Waals surface area contributed by atoms with Crippen LogP contribution in [0.5, 0.6) is 0 Å². The number of aryl methyl sites for hydroxylation is 2. The summed E-state index contributed by atoms with van der Waals surface area (Å²) in [5, 5.41) is 28.9. The van der Waals surface area contributed by atoms with Gasteiger partial charge in [-0.1, -0.05) is 62.4 Å². The van der Waals surface area contributed by atoms with Crippen LogP contribution in [0.4, 0.5) is 17.1 Å². The first-order valence-electron chi connectivity index (χ1n) is 13.3. The number of carbonyl (C=O) groups is 3. The maximum Gasteiger partial charge on any atom is 0.269 e. The van der Waals surface area contributed by atoms with Crippen molar-refractivity contribution in [3.8, 4) is 0 Å². The van der Waals surface area contributed by atoms with E-state index in [-0.39, 0.29) is 11.3 Å². The van der Waals surface area contributed by atoms with Crippen molar-refractivity contribution < 1.29 is 24.4 Å². The van der Waals surface area contributed by atoms with E-state index in [1.165, 1.54) is 25.1 Å². The maximum atomic E-state index is 13.9. The van der Waals surface area contributed by atoms with Crippen molar-refractivity contribution in [3.63, 3.8) is 0 Å². The minimum atomic E-state index is -1.82. The number of nitrogens with zero attached hydrogens (tertiary/aromatic N) is 1. The minimum Gasteiger partial charge on any atom is -0.389 e. The van der Waals surface area contributed by atoms with Crippen LogP contribution in [0.15, 0.2) is 72.8 Å². The number of aliphatic hydroxyl groups is 1. The molecule has 4 atom stereocenters. The fourth-order valence-corrected chi connectivity index (χ4v) is 5.66. The standard InChI is InChI=1S/C31H33N3O6/c1-4-19-11-6-8-15-23(19)32-29(36)27-25(35)18-31(3,38)28(26(27)21-13-10-14-22(17-21)34(39)40)30(37)33-24-16-9-7-12-20(24)5-2/h6-17,26-28,38H,4-5,18H2,1-3H3,(H,32,36)(H,33,37). The molecule has 1 saturated carbocycles. The highest BCUT2D eigenvalue weighted by atomic mass is 16.6. The molecule has 4 rings (SSSR count). The molecule has 4 unspecified atom stereocenters. The largest absolute Gasteiger partial charge is 0.389 e. The van der Waals surface area contributed by atoms with Crippen LogP contribution in [-0.2, 0) is 27.2 Å². The Labute approximate surface area is 232 Å². The first-order chi connectivity index (χ1) is 19.1. The third-order valence-corrected chi connectivity index (χ3v) is 7.61. The van der Waals surface area contributed by atoms with Gasteiger partial charge in [0.05, 0.1) is 16.4 Å². The number of Topliss-reactive ketones (excluding diaryl/α,β-unsaturated/α-hetero) is 1. The summed E-state index contributed by atoms with van der Waals surface area (Å²) in [6.45, 7) is 5.28. The van der Waals surface area contributed by atoms with Crippen molar-refractivity contribution >= 4 is 34.7 Å². The molecule has 0 saturated heterocycles. The van der Waals surface area contributed by atoms with Crippen LogP contribution >= 0.6 is 0 Å². The molecule has 3 N–H and O–H groups in total. The molecule has 1 fully saturated rings. The highest BCUT2D eigenvalue weighted by Crippen LogP contribution is 2.47. The minimum absolute atomic E-state index is 0.246. The van der Waals surface area contributed by atoms with E-state index in [4.69, 9.17) is 0 Å². The Morgan fingerprint density at radius 3 is 2.02 bits per heavy atom. The molecular formula is C31H33N3O6. The number of non-ortho nitro benzene ring substituents is 1. The van der Waals surface area contributed by atoms with Crippen LogP contribution < -0.4 is 10.6 Å². The lowest BCUT2D eigenvalue weighted by atomic mass is 9.61. The summed E-state index contributed by atoms with van der Waals surface area (Å²) in [5.41, 5.74) is 1.00. The predicted molar refractivity (Wildman–Crippen MR) is 152 cm³/mol. The molecule has 3 aromatic rings. The summed E-state index contributed by atoms with van der Waals surface area (Å²) in [7, 11) is 0. The van der Waals surface area contributed by atoms with Gasteiger partial charge in [-0.25, -0.2) is 0 Å².